The molecule has 0 atom stereocenters. The molecule has 1 aliphatic rings. The molecular weight excluding hydrogens is 188 g/mol. The van der Waals surface area contributed by atoms with Crippen LogP contribution in [0.5, 0.6) is 0 Å². The normalized spacial score (nSPS) is 17.3. The van der Waals surface area contributed by atoms with E-state index in [1.807, 2.05) is 20.9 Å². The monoisotopic (exact) mass is 212 g/mol. The van der Waals surface area contributed by atoms with E-state index in [9.17, 15) is 4.79 Å². The maximum Gasteiger partial charge on any atom is 0.236 e. The number of nitrogens with one attached hydrogen (secondary N) is 1. The SMILES string of the molecule is CC(C)N(C)C(=O)CNCC1CCCC1. The van der Waals surface area contributed by atoms with Crippen LogP contribution in [0.1, 0.15) is 39.5 Å². The van der Waals surface area contributed by atoms with Crippen molar-refractivity contribution < 1.29 is 4.79 Å². The lowest BCUT2D eigenvalue weighted by molar-refractivity contribution is -0.130. The summed E-state index contributed by atoms with van der Waals surface area (Å²) in [5, 5.41) is 3.27. The second-order valence-corrected chi connectivity index (χ2v) is 4.88. The van der Waals surface area contributed by atoms with E-state index in [4.69, 9.17) is 0 Å². The molecule has 1 fully saturated rings. The number of hydrogen-bond donors (Lipinski definition) is 1. The molecule has 3 nitrogen and oxygen atoms in total. The highest BCUT2D eigenvalue weighted by molar-refractivity contribution is 5.78. The van der Waals surface area contributed by atoms with E-state index in [0.29, 0.717) is 12.6 Å². The molecule has 0 bridgehead atoms. The van der Waals surface area contributed by atoms with Gasteiger partial charge in [-0.05, 0) is 39.2 Å². The predicted molar refractivity (Wildman–Crippen MR) is 62.7 cm³/mol. The maximum absolute atomic E-state index is 11.6. The van der Waals surface area contributed by atoms with E-state index < -0.39 is 0 Å². The lowest BCUT2D eigenvalue weighted by Crippen LogP contribution is -2.40. The molecule has 0 aromatic rings. The standard InChI is InChI=1S/C12H24N2O/c1-10(2)14(3)12(15)9-13-8-11-6-4-5-7-11/h10-11,13H,4-9H2,1-3H3. The maximum atomic E-state index is 11.6. The van der Waals surface area contributed by atoms with Gasteiger partial charge in [0, 0.05) is 13.1 Å². The van der Waals surface area contributed by atoms with E-state index in [1.54, 1.807) is 4.90 Å². The molecule has 1 N–H and O–H groups in total. The Morgan fingerprint density at radius 1 is 1.40 bits per heavy atom. The van der Waals surface area contributed by atoms with Crippen molar-refractivity contribution in [3.63, 3.8) is 0 Å². The number of amides is 1. The van der Waals surface area contributed by atoms with Crippen LogP contribution in [0.4, 0.5) is 0 Å². The van der Waals surface area contributed by atoms with Gasteiger partial charge in [0.15, 0.2) is 0 Å². The van der Waals surface area contributed by atoms with Crippen molar-refractivity contribution >= 4 is 5.91 Å². The van der Waals surface area contributed by atoms with Gasteiger partial charge in [-0.1, -0.05) is 12.8 Å². The molecule has 1 amide bonds. The van der Waals surface area contributed by atoms with Gasteiger partial charge in [0.1, 0.15) is 0 Å². The van der Waals surface area contributed by atoms with Crippen molar-refractivity contribution in [3.05, 3.63) is 0 Å². The molecule has 88 valence electrons. The summed E-state index contributed by atoms with van der Waals surface area (Å²) >= 11 is 0. The fourth-order valence-corrected chi connectivity index (χ4v) is 2.01. The van der Waals surface area contributed by atoms with Gasteiger partial charge in [-0.2, -0.15) is 0 Å². The highest BCUT2D eigenvalue weighted by atomic mass is 16.2. The molecule has 0 aromatic carbocycles. The topological polar surface area (TPSA) is 32.3 Å². The number of carbonyl (C=O) groups is 1. The average molecular weight is 212 g/mol. The minimum absolute atomic E-state index is 0.197. The average Bonchev–Trinajstić information content (AvgIpc) is 2.69. The molecule has 0 heterocycles. The summed E-state index contributed by atoms with van der Waals surface area (Å²) in [5.74, 6) is 1.00. The van der Waals surface area contributed by atoms with Crippen LogP contribution in [0.25, 0.3) is 0 Å². The first-order valence-corrected chi connectivity index (χ1v) is 6.07. The van der Waals surface area contributed by atoms with Gasteiger partial charge in [0.25, 0.3) is 0 Å². The third kappa shape index (κ3) is 4.20. The molecule has 0 saturated heterocycles. The first kappa shape index (κ1) is 12.5. The molecule has 3 heteroatoms. The largest absolute Gasteiger partial charge is 0.342 e. The van der Waals surface area contributed by atoms with Crippen LogP contribution >= 0.6 is 0 Å². The third-order valence-electron chi connectivity index (χ3n) is 3.35. The van der Waals surface area contributed by atoms with E-state index in [-0.39, 0.29) is 5.91 Å². The summed E-state index contributed by atoms with van der Waals surface area (Å²) in [6.07, 6.45) is 5.40. The van der Waals surface area contributed by atoms with Gasteiger partial charge in [-0.3, -0.25) is 4.79 Å². The Hall–Kier alpha value is -0.570. The van der Waals surface area contributed by atoms with Gasteiger partial charge < -0.3 is 10.2 Å². The first-order valence-electron chi connectivity index (χ1n) is 6.07. The summed E-state index contributed by atoms with van der Waals surface area (Å²) in [7, 11) is 1.87. The van der Waals surface area contributed by atoms with Crippen molar-refractivity contribution in [1.82, 2.24) is 10.2 Å². The molecule has 0 aromatic heterocycles. The molecule has 0 aliphatic heterocycles. The van der Waals surface area contributed by atoms with Crippen molar-refractivity contribution in [2.24, 2.45) is 5.92 Å². The Balaban J connectivity index is 2.11. The lowest BCUT2D eigenvalue weighted by Gasteiger charge is -2.22. The quantitative estimate of drug-likeness (QED) is 0.751. The minimum Gasteiger partial charge on any atom is -0.342 e. The van der Waals surface area contributed by atoms with Crippen LogP contribution < -0.4 is 5.32 Å². The van der Waals surface area contributed by atoms with Crippen LogP contribution in [0, 0.1) is 5.92 Å². The number of likely N-dealkylation sites (N-methyl/N-ethyl adjacent to an activating group) is 1. The summed E-state index contributed by atoms with van der Waals surface area (Å²) in [6.45, 7) is 5.58. The summed E-state index contributed by atoms with van der Waals surface area (Å²) in [5.41, 5.74) is 0. The van der Waals surface area contributed by atoms with Crippen molar-refractivity contribution in [1.29, 1.82) is 0 Å². The zero-order valence-electron chi connectivity index (χ0n) is 10.3. The van der Waals surface area contributed by atoms with Gasteiger partial charge in [0.2, 0.25) is 5.91 Å². The van der Waals surface area contributed by atoms with E-state index in [0.717, 1.165) is 12.5 Å². The molecule has 1 aliphatic carbocycles. The second-order valence-electron chi connectivity index (χ2n) is 4.88. The highest BCUT2D eigenvalue weighted by Crippen LogP contribution is 2.23. The second kappa shape index (κ2) is 6.11. The van der Waals surface area contributed by atoms with Crippen molar-refractivity contribution in [2.45, 2.75) is 45.6 Å². The lowest BCUT2D eigenvalue weighted by atomic mass is 10.1. The Kier molecular flexibility index (Phi) is 5.09. The van der Waals surface area contributed by atoms with Gasteiger partial charge in [-0.15, -0.1) is 0 Å². The minimum atomic E-state index is 0.197. The van der Waals surface area contributed by atoms with Crippen LogP contribution in [0.3, 0.4) is 0 Å². The van der Waals surface area contributed by atoms with Crippen LogP contribution in [0.15, 0.2) is 0 Å². The number of rotatable bonds is 5. The molecule has 15 heavy (non-hydrogen) atoms. The van der Waals surface area contributed by atoms with E-state index in [2.05, 4.69) is 5.32 Å². The fourth-order valence-electron chi connectivity index (χ4n) is 2.01. The van der Waals surface area contributed by atoms with E-state index >= 15 is 0 Å². The smallest absolute Gasteiger partial charge is 0.236 e. The zero-order chi connectivity index (χ0) is 11.3. The Morgan fingerprint density at radius 3 is 2.53 bits per heavy atom. The van der Waals surface area contributed by atoms with Crippen LogP contribution in [-0.2, 0) is 4.79 Å². The molecule has 0 spiro atoms. The molecular formula is C12H24N2O. The van der Waals surface area contributed by atoms with Gasteiger partial charge >= 0.3 is 0 Å². The first-order chi connectivity index (χ1) is 7.11. The molecule has 1 rings (SSSR count). The van der Waals surface area contributed by atoms with Crippen molar-refractivity contribution in [3.8, 4) is 0 Å². The number of nitrogens with zero attached hydrogens (tertiary/aromatic N) is 1. The zero-order valence-corrected chi connectivity index (χ0v) is 10.3. The van der Waals surface area contributed by atoms with Gasteiger partial charge in [-0.25, -0.2) is 0 Å². The van der Waals surface area contributed by atoms with Gasteiger partial charge in [0.05, 0.1) is 6.54 Å². The number of carbonyl (C=O) groups excluding carboxylic acids is 1. The Labute approximate surface area is 93.2 Å². The van der Waals surface area contributed by atoms with Crippen molar-refractivity contribution in [2.75, 3.05) is 20.1 Å². The molecule has 1 saturated carbocycles. The molecule has 0 radical (unpaired) electrons. The predicted octanol–water partition coefficient (Wildman–Crippen LogP) is 1.63. The third-order valence-corrected chi connectivity index (χ3v) is 3.35. The number of hydrogen-bond acceptors (Lipinski definition) is 2. The van der Waals surface area contributed by atoms with Crippen LogP contribution in [0.2, 0.25) is 0 Å². The highest BCUT2D eigenvalue weighted by Gasteiger charge is 2.16. The van der Waals surface area contributed by atoms with Crippen LogP contribution in [-0.4, -0.2) is 37.0 Å². The summed E-state index contributed by atoms with van der Waals surface area (Å²) in [6, 6.07) is 0.297. The summed E-state index contributed by atoms with van der Waals surface area (Å²) < 4.78 is 0. The summed E-state index contributed by atoms with van der Waals surface area (Å²) in [4.78, 5) is 13.4. The molecule has 0 unspecified atom stereocenters. The fraction of sp³-hybridized carbons (Fsp3) is 0.917. The van der Waals surface area contributed by atoms with E-state index in [1.165, 1.54) is 25.7 Å². The Bertz CT molecular complexity index is 198. The Morgan fingerprint density at radius 2 is 2.00 bits per heavy atom.